The third-order valence-electron chi connectivity index (χ3n) is 5.95. The van der Waals surface area contributed by atoms with Gasteiger partial charge in [-0.1, -0.05) is 23.7 Å². The number of carbonyl (C=O) groups is 2. The van der Waals surface area contributed by atoms with Crippen molar-refractivity contribution >= 4 is 23.6 Å². The molecule has 8 heteroatoms. The van der Waals surface area contributed by atoms with Crippen LogP contribution in [-0.2, 0) is 4.79 Å². The largest absolute Gasteiger partial charge is 0.412 e. The first-order valence-electron chi connectivity index (χ1n) is 10.5. The van der Waals surface area contributed by atoms with Crippen LogP contribution in [0.4, 0.5) is 9.18 Å². The van der Waals surface area contributed by atoms with Crippen molar-refractivity contribution < 1.29 is 18.7 Å². The SMILES string of the molecule is O=C(N[C@H]1CN(C(=O)C2CCNCC2)C[C@@H]1c1ccc(Cl)cc1)Oc1ccc(F)cc1. The van der Waals surface area contributed by atoms with E-state index >= 15 is 0 Å². The van der Waals surface area contributed by atoms with Crippen molar-refractivity contribution in [2.24, 2.45) is 5.92 Å². The van der Waals surface area contributed by atoms with Crippen LogP contribution in [0.1, 0.15) is 24.3 Å². The highest BCUT2D eigenvalue weighted by Gasteiger charge is 2.39. The second-order valence-corrected chi connectivity index (χ2v) is 8.46. The summed E-state index contributed by atoms with van der Waals surface area (Å²) < 4.78 is 18.4. The maximum absolute atomic E-state index is 13.1. The third-order valence-corrected chi connectivity index (χ3v) is 6.20. The Labute approximate surface area is 185 Å². The van der Waals surface area contributed by atoms with Crippen LogP contribution in [0.5, 0.6) is 5.75 Å². The average molecular weight is 446 g/mol. The molecule has 0 unspecified atom stereocenters. The number of ether oxygens (including phenoxy) is 1. The fourth-order valence-electron chi connectivity index (χ4n) is 4.30. The van der Waals surface area contributed by atoms with E-state index in [1.807, 2.05) is 29.2 Å². The van der Waals surface area contributed by atoms with Crippen molar-refractivity contribution in [1.82, 2.24) is 15.5 Å². The van der Waals surface area contributed by atoms with Crippen molar-refractivity contribution in [3.8, 4) is 5.75 Å². The molecule has 2 aromatic rings. The van der Waals surface area contributed by atoms with Gasteiger partial charge in [0.25, 0.3) is 0 Å². The van der Waals surface area contributed by atoms with E-state index in [0.717, 1.165) is 31.5 Å². The number of nitrogens with zero attached hydrogens (tertiary/aromatic N) is 1. The summed E-state index contributed by atoms with van der Waals surface area (Å²) in [6.07, 6.45) is 1.02. The summed E-state index contributed by atoms with van der Waals surface area (Å²) in [4.78, 5) is 27.4. The Morgan fingerprint density at radius 2 is 1.71 bits per heavy atom. The Balaban J connectivity index is 1.47. The summed E-state index contributed by atoms with van der Waals surface area (Å²) in [7, 11) is 0. The Bertz CT molecular complexity index is 917. The zero-order chi connectivity index (χ0) is 21.8. The van der Waals surface area contributed by atoms with Gasteiger partial charge in [-0.2, -0.15) is 0 Å². The molecule has 4 rings (SSSR count). The molecular weight excluding hydrogens is 421 g/mol. The minimum Gasteiger partial charge on any atom is -0.410 e. The molecule has 2 aliphatic rings. The lowest BCUT2D eigenvalue weighted by atomic mass is 9.94. The molecule has 0 aliphatic carbocycles. The fourth-order valence-corrected chi connectivity index (χ4v) is 4.42. The second-order valence-electron chi connectivity index (χ2n) is 8.02. The molecule has 0 radical (unpaired) electrons. The van der Waals surface area contributed by atoms with Gasteiger partial charge in [0.1, 0.15) is 11.6 Å². The van der Waals surface area contributed by atoms with Crippen LogP contribution in [0.3, 0.4) is 0 Å². The average Bonchev–Trinajstić information content (AvgIpc) is 3.19. The number of rotatable bonds is 4. The molecule has 2 heterocycles. The van der Waals surface area contributed by atoms with Gasteiger partial charge in [0, 0.05) is 29.9 Å². The number of amides is 2. The number of nitrogens with one attached hydrogen (secondary N) is 2. The molecule has 6 nitrogen and oxygen atoms in total. The first kappa shape index (κ1) is 21.6. The molecule has 2 atom stereocenters. The molecular formula is C23H25ClFN3O3. The topological polar surface area (TPSA) is 70.7 Å². The highest BCUT2D eigenvalue weighted by molar-refractivity contribution is 6.30. The Morgan fingerprint density at radius 1 is 1.03 bits per heavy atom. The van der Waals surface area contributed by atoms with E-state index in [9.17, 15) is 14.0 Å². The van der Waals surface area contributed by atoms with E-state index in [0.29, 0.717) is 18.1 Å². The normalized spacial score (nSPS) is 21.7. The maximum Gasteiger partial charge on any atom is 0.412 e. The molecule has 2 aliphatic heterocycles. The van der Waals surface area contributed by atoms with Crippen LogP contribution in [0, 0.1) is 11.7 Å². The molecule has 164 valence electrons. The van der Waals surface area contributed by atoms with Crippen LogP contribution >= 0.6 is 11.6 Å². The van der Waals surface area contributed by atoms with E-state index in [1.54, 1.807) is 0 Å². The van der Waals surface area contributed by atoms with Crippen LogP contribution < -0.4 is 15.4 Å². The zero-order valence-electron chi connectivity index (χ0n) is 17.0. The van der Waals surface area contributed by atoms with Crippen molar-refractivity contribution in [2.45, 2.75) is 24.8 Å². The van der Waals surface area contributed by atoms with Crippen LogP contribution in [0.25, 0.3) is 0 Å². The van der Waals surface area contributed by atoms with Crippen molar-refractivity contribution in [2.75, 3.05) is 26.2 Å². The number of piperidine rings is 1. The van der Waals surface area contributed by atoms with E-state index in [2.05, 4.69) is 10.6 Å². The maximum atomic E-state index is 13.1. The Hall–Kier alpha value is -2.64. The van der Waals surface area contributed by atoms with E-state index in [4.69, 9.17) is 16.3 Å². The van der Waals surface area contributed by atoms with Crippen LogP contribution in [-0.4, -0.2) is 49.1 Å². The number of halogens is 2. The smallest absolute Gasteiger partial charge is 0.410 e. The Kier molecular flexibility index (Phi) is 6.73. The molecule has 0 bridgehead atoms. The quantitative estimate of drug-likeness (QED) is 0.755. The van der Waals surface area contributed by atoms with E-state index < -0.39 is 11.9 Å². The zero-order valence-corrected chi connectivity index (χ0v) is 17.8. The number of benzene rings is 2. The highest BCUT2D eigenvalue weighted by Crippen LogP contribution is 2.31. The molecule has 0 spiro atoms. The van der Waals surface area contributed by atoms with Gasteiger partial charge in [-0.05, 0) is 67.9 Å². The predicted octanol–water partition coefficient (Wildman–Crippen LogP) is 3.56. The van der Waals surface area contributed by atoms with E-state index in [1.165, 1.54) is 24.3 Å². The number of hydrogen-bond donors (Lipinski definition) is 2. The first-order valence-corrected chi connectivity index (χ1v) is 10.9. The van der Waals surface area contributed by atoms with Crippen LogP contribution in [0.2, 0.25) is 5.02 Å². The molecule has 0 saturated carbocycles. The highest BCUT2D eigenvalue weighted by atomic mass is 35.5. The number of carbonyl (C=O) groups excluding carboxylic acids is 2. The van der Waals surface area contributed by atoms with Gasteiger partial charge < -0.3 is 20.3 Å². The second kappa shape index (κ2) is 9.66. The van der Waals surface area contributed by atoms with Gasteiger partial charge in [0.15, 0.2) is 0 Å². The lowest BCUT2D eigenvalue weighted by Gasteiger charge is -2.26. The molecule has 2 N–H and O–H groups in total. The Morgan fingerprint density at radius 3 is 2.39 bits per heavy atom. The first-order chi connectivity index (χ1) is 15.0. The summed E-state index contributed by atoms with van der Waals surface area (Å²) in [5, 5.41) is 6.81. The third kappa shape index (κ3) is 5.35. The molecule has 0 aromatic heterocycles. The van der Waals surface area contributed by atoms with Crippen molar-refractivity contribution in [1.29, 1.82) is 0 Å². The molecule has 2 aromatic carbocycles. The summed E-state index contributed by atoms with van der Waals surface area (Å²) in [6, 6.07) is 12.4. The van der Waals surface area contributed by atoms with Gasteiger partial charge in [0.2, 0.25) is 5.91 Å². The number of hydrogen-bond acceptors (Lipinski definition) is 4. The van der Waals surface area contributed by atoms with Crippen LogP contribution in [0.15, 0.2) is 48.5 Å². The minimum atomic E-state index is -0.633. The van der Waals surface area contributed by atoms with Gasteiger partial charge in [-0.3, -0.25) is 4.79 Å². The molecule has 31 heavy (non-hydrogen) atoms. The standard InChI is InChI=1S/C23H25ClFN3O3/c24-17-3-1-15(2-4-17)20-13-28(22(29)16-9-11-26-12-10-16)14-21(20)27-23(30)31-19-7-5-18(25)6-8-19/h1-8,16,20-21,26H,9-14H2,(H,27,30)/t20-,21+/m1/s1. The lowest BCUT2D eigenvalue weighted by Crippen LogP contribution is -2.43. The molecule has 2 saturated heterocycles. The van der Waals surface area contributed by atoms with Crippen molar-refractivity contribution in [3.05, 3.63) is 64.9 Å². The summed E-state index contributed by atoms with van der Waals surface area (Å²) in [5.74, 6) is -0.0848. The monoisotopic (exact) mass is 445 g/mol. The van der Waals surface area contributed by atoms with Gasteiger partial charge >= 0.3 is 6.09 Å². The molecule has 2 amide bonds. The summed E-state index contributed by atoms with van der Waals surface area (Å²) >= 11 is 6.03. The summed E-state index contributed by atoms with van der Waals surface area (Å²) in [6.45, 7) is 2.62. The van der Waals surface area contributed by atoms with Gasteiger partial charge in [0.05, 0.1) is 6.04 Å². The van der Waals surface area contributed by atoms with E-state index in [-0.39, 0.29) is 29.5 Å². The lowest BCUT2D eigenvalue weighted by molar-refractivity contribution is -0.135. The summed E-state index contributed by atoms with van der Waals surface area (Å²) in [5.41, 5.74) is 0.997. The van der Waals surface area contributed by atoms with Gasteiger partial charge in [-0.15, -0.1) is 0 Å². The minimum absolute atomic E-state index is 0.0111. The predicted molar refractivity (Wildman–Crippen MR) is 116 cm³/mol. The van der Waals surface area contributed by atoms with Gasteiger partial charge in [-0.25, -0.2) is 9.18 Å². The molecule has 2 fully saturated rings. The van der Waals surface area contributed by atoms with Crippen molar-refractivity contribution in [3.63, 3.8) is 0 Å². The number of likely N-dealkylation sites (tertiary alicyclic amines) is 1. The fraction of sp³-hybridized carbons (Fsp3) is 0.391.